The molecule has 1 fully saturated rings. The Balaban J connectivity index is 1.96. The molecular formula is C15H19BrN2O4S. The average molecular weight is 403 g/mol. The highest BCUT2D eigenvalue weighted by molar-refractivity contribution is 9.10. The van der Waals surface area contributed by atoms with Gasteiger partial charge in [0, 0.05) is 22.6 Å². The van der Waals surface area contributed by atoms with Crippen molar-refractivity contribution in [3.05, 3.63) is 34.3 Å². The van der Waals surface area contributed by atoms with Crippen molar-refractivity contribution in [3.8, 4) is 0 Å². The van der Waals surface area contributed by atoms with E-state index >= 15 is 0 Å². The van der Waals surface area contributed by atoms with E-state index in [1.165, 1.54) is 4.90 Å². The monoisotopic (exact) mass is 402 g/mol. The molecule has 1 aliphatic heterocycles. The molecule has 2 amide bonds. The molecule has 0 radical (unpaired) electrons. The van der Waals surface area contributed by atoms with Gasteiger partial charge in [0.15, 0.2) is 9.84 Å². The molecule has 0 aromatic heterocycles. The van der Waals surface area contributed by atoms with Gasteiger partial charge in [-0.1, -0.05) is 22.0 Å². The first-order valence-corrected chi connectivity index (χ1v) is 9.97. The number of sulfone groups is 1. The molecule has 6 nitrogen and oxygen atoms in total. The summed E-state index contributed by atoms with van der Waals surface area (Å²) in [6.45, 7) is 2.10. The zero-order valence-corrected chi connectivity index (χ0v) is 15.2. The van der Waals surface area contributed by atoms with Gasteiger partial charge in [-0.05, 0) is 31.5 Å². The fraction of sp³-hybridized carbons (Fsp3) is 0.467. The van der Waals surface area contributed by atoms with Crippen molar-refractivity contribution in [2.24, 2.45) is 0 Å². The van der Waals surface area contributed by atoms with Crippen LogP contribution in [-0.4, -0.2) is 55.8 Å². The van der Waals surface area contributed by atoms with Crippen LogP contribution in [0.25, 0.3) is 0 Å². The maximum Gasteiger partial charge on any atom is 0.254 e. The number of hydrogen-bond acceptors (Lipinski definition) is 4. The Hall–Kier alpha value is -1.41. The van der Waals surface area contributed by atoms with E-state index in [0.29, 0.717) is 18.5 Å². The van der Waals surface area contributed by atoms with Crippen molar-refractivity contribution < 1.29 is 18.0 Å². The van der Waals surface area contributed by atoms with E-state index in [1.807, 2.05) is 6.07 Å². The third-order valence-electron chi connectivity index (χ3n) is 3.67. The van der Waals surface area contributed by atoms with Gasteiger partial charge in [-0.3, -0.25) is 9.59 Å². The molecular weight excluding hydrogens is 384 g/mol. The molecule has 1 aromatic rings. The first kappa shape index (κ1) is 17.9. The van der Waals surface area contributed by atoms with Gasteiger partial charge in [0.2, 0.25) is 5.91 Å². The molecule has 0 bridgehead atoms. The summed E-state index contributed by atoms with van der Waals surface area (Å²) in [7, 11) is -3.04. The lowest BCUT2D eigenvalue weighted by Gasteiger charge is -2.21. The summed E-state index contributed by atoms with van der Waals surface area (Å²) < 4.78 is 23.6. The van der Waals surface area contributed by atoms with Crippen molar-refractivity contribution in [1.29, 1.82) is 0 Å². The Morgan fingerprint density at radius 3 is 2.70 bits per heavy atom. The van der Waals surface area contributed by atoms with E-state index in [0.717, 1.165) is 4.47 Å². The van der Waals surface area contributed by atoms with Gasteiger partial charge >= 0.3 is 0 Å². The Kier molecular flexibility index (Phi) is 5.80. The number of carbonyl (C=O) groups is 2. The van der Waals surface area contributed by atoms with Crippen molar-refractivity contribution in [1.82, 2.24) is 10.2 Å². The summed E-state index contributed by atoms with van der Waals surface area (Å²) >= 11 is 3.31. The molecule has 2 rings (SSSR count). The zero-order chi connectivity index (χ0) is 17.0. The third kappa shape index (κ3) is 5.04. The number of halogens is 1. The van der Waals surface area contributed by atoms with E-state index in [-0.39, 0.29) is 35.9 Å². The molecule has 1 heterocycles. The fourth-order valence-electron chi connectivity index (χ4n) is 2.49. The molecule has 1 atom stereocenters. The second-order valence-electron chi connectivity index (χ2n) is 5.50. The maximum atomic E-state index is 12.4. The highest BCUT2D eigenvalue weighted by Crippen LogP contribution is 2.14. The molecule has 0 unspecified atom stereocenters. The highest BCUT2D eigenvalue weighted by Gasteiger charge is 2.29. The van der Waals surface area contributed by atoms with Crippen LogP contribution in [0.4, 0.5) is 0 Å². The molecule has 0 aliphatic carbocycles. The number of hydrogen-bond donors (Lipinski definition) is 1. The molecule has 23 heavy (non-hydrogen) atoms. The molecule has 0 saturated carbocycles. The lowest BCUT2D eigenvalue weighted by atomic mass is 10.2. The lowest BCUT2D eigenvalue weighted by Crippen LogP contribution is -2.44. The molecule has 1 N–H and O–H groups in total. The van der Waals surface area contributed by atoms with E-state index < -0.39 is 9.84 Å². The fourth-order valence-corrected chi connectivity index (χ4v) is 4.56. The van der Waals surface area contributed by atoms with E-state index in [4.69, 9.17) is 0 Å². The standard InChI is InChI=1S/C15H19BrN2O4S/c1-2-18(15(20)11-4-3-5-12(16)8-11)9-14(19)17-13-6-7-23(21,22)10-13/h3-5,8,13H,2,6-7,9-10H2,1H3,(H,17,19)/t13-/m1/s1. The van der Waals surface area contributed by atoms with Crippen LogP contribution in [0, 0.1) is 0 Å². The van der Waals surface area contributed by atoms with Crippen LogP contribution in [0.5, 0.6) is 0 Å². The summed E-state index contributed by atoms with van der Waals surface area (Å²) in [5.41, 5.74) is 0.498. The van der Waals surface area contributed by atoms with Gasteiger partial charge in [-0.25, -0.2) is 8.42 Å². The minimum absolute atomic E-state index is 0.0234. The first-order valence-electron chi connectivity index (χ1n) is 7.35. The van der Waals surface area contributed by atoms with Gasteiger partial charge in [-0.2, -0.15) is 0 Å². The van der Waals surface area contributed by atoms with Crippen LogP contribution in [-0.2, 0) is 14.6 Å². The minimum Gasteiger partial charge on any atom is -0.351 e. The highest BCUT2D eigenvalue weighted by atomic mass is 79.9. The van der Waals surface area contributed by atoms with Crippen molar-refractivity contribution in [2.45, 2.75) is 19.4 Å². The molecule has 1 aliphatic rings. The van der Waals surface area contributed by atoms with Crippen LogP contribution >= 0.6 is 15.9 Å². The summed E-state index contributed by atoms with van der Waals surface area (Å²) in [5, 5.41) is 2.70. The van der Waals surface area contributed by atoms with Crippen LogP contribution in [0.15, 0.2) is 28.7 Å². The summed E-state index contributed by atoms with van der Waals surface area (Å²) in [5.74, 6) is -0.489. The van der Waals surface area contributed by atoms with Crippen molar-refractivity contribution >= 4 is 37.6 Å². The van der Waals surface area contributed by atoms with Gasteiger partial charge in [0.25, 0.3) is 5.91 Å². The molecule has 0 spiro atoms. The van der Waals surface area contributed by atoms with Crippen LogP contribution in [0.3, 0.4) is 0 Å². The second-order valence-corrected chi connectivity index (χ2v) is 8.64. The third-order valence-corrected chi connectivity index (χ3v) is 5.93. The quantitative estimate of drug-likeness (QED) is 0.802. The van der Waals surface area contributed by atoms with E-state index in [9.17, 15) is 18.0 Å². The van der Waals surface area contributed by atoms with Crippen LogP contribution < -0.4 is 5.32 Å². The van der Waals surface area contributed by atoms with Gasteiger partial charge in [-0.15, -0.1) is 0 Å². The van der Waals surface area contributed by atoms with Crippen LogP contribution in [0.2, 0.25) is 0 Å². The first-order chi connectivity index (χ1) is 10.8. The predicted octanol–water partition coefficient (Wildman–Crippen LogP) is 1.21. The maximum absolute atomic E-state index is 12.4. The number of benzene rings is 1. The number of nitrogens with one attached hydrogen (secondary N) is 1. The Morgan fingerprint density at radius 1 is 1.39 bits per heavy atom. The van der Waals surface area contributed by atoms with E-state index in [1.54, 1.807) is 25.1 Å². The normalized spacial score (nSPS) is 19.3. The number of nitrogens with zero attached hydrogens (tertiary/aromatic N) is 1. The predicted molar refractivity (Wildman–Crippen MR) is 90.9 cm³/mol. The smallest absolute Gasteiger partial charge is 0.254 e. The Bertz CT molecular complexity index is 705. The number of likely N-dealkylation sites (N-methyl/N-ethyl adjacent to an activating group) is 1. The largest absolute Gasteiger partial charge is 0.351 e. The Morgan fingerprint density at radius 2 is 2.13 bits per heavy atom. The minimum atomic E-state index is -3.04. The Labute approximate surface area is 144 Å². The van der Waals surface area contributed by atoms with Gasteiger partial charge in [0.1, 0.15) is 0 Å². The zero-order valence-electron chi connectivity index (χ0n) is 12.8. The molecule has 1 aromatic carbocycles. The summed E-state index contributed by atoms with van der Waals surface area (Å²) in [6.07, 6.45) is 0.430. The van der Waals surface area contributed by atoms with Crippen LogP contribution in [0.1, 0.15) is 23.7 Å². The number of rotatable bonds is 5. The molecule has 8 heteroatoms. The molecule has 126 valence electrons. The number of amides is 2. The summed E-state index contributed by atoms with van der Waals surface area (Å²) in [6, 6.07) is 6.62. The number of carbonyl (C=O) groups excluding carboxylic acids is 2. The van der Waals surface area contributed by atoms with Crippen molar-refractivity contribution in [2.75, 3.05) is 24.6 Å². The van der Waals surface area contributed by atoms with Gasteiger partial charge < -0.3 is 10.2 Å². The second kappa shape index (κ2) is 7.44. The van der Waals surface area contributed by atoms with Crippen molar-refractivity contribution in [3.63, 3.8) is 0 Å². The van der Waals surface area contributed by atoms with Gasteiger partial charge in [0.05, 0.1) is 18.1 Å². The topological polar surface area (TPSA) is 83.6 Å². The summed E-state index contributed by atoms with van der Waals surface area (Å²) in [4.78, 5) is 25.9. The lowest BCUT2D eigenvalue weighted by molar-refractivity contribution is -0.122. The van der Waals surface area contributed by atoms with E-state index in [2.05, 4.69) is 21.2 Å². The SMILES string of the molecule is CCN(CC(=O)N[C@@H]1CCS(=O)(=O)C1)C(=O)c1cccc(Br)c1. The molecule has 1 saturated heterocycles. The average Bonchev–Trinajstić information content (AvgIpc) is 2.82.